The van der Waals surface area contributed by atoms with E-state index in [0.717, 1.165) is 167 Å². The van der Waals surface area contributed by atoms with Crippen molar-refractivity contribution < 1.29 is 75.8 Å². The van der Waals surface area contributed by atoms with Crippen molar-refractivity contribution in [2.75, 3.05) is 39.6 Å². The van der Waals surface area contributed by atoms with Gasteiger partial charge in [-0.05, 0) is 161 Å². The Morgan fingerprint density at radius 2 is 0.477 bits per heavy atom. The lowest BCUT2D eigenvalue weighted by molar-refractivity contribution is -0.161. The first-order chi connectivity index (χ1) is 54.2. The second-order valence-electron chi connectivity index (χ2n) is 28.2. The van der Waals surface area contributed by atoms with Crippen LogP contribution in [-0.4, -0.2) is 95.9 Å². The Bertz CT molecular complexity index is 2750. The van der Waals surface area contributed by atoms with Gasteiger partial charge in [-0.25, -0.2) is 9.13 Å². The van der Waals surface area contributed by atoms with Crippen LogP contribution < -0.4 is 0 Å². The summed E-state index contributed by atoms with van der Waals surface area (Å²) >= 11 is 0. The topological polar surface area (TPSA) is 231 Å². The predicted octanol–water partition coefficient (Wildman–Crippen LogP) is 26.1. The fourth-order valence-electron chi connectivity index (χ4n) is 11.1. The Balaban J connectivity index is 4.62. The first-order valence-corrected chi connectivity index (χ1v) is 46.1. The maximum absolute atomic E-state index is 13.0. The SMILES string of the molecule is CC/C=C\C/C=C\C/C=C\C/C=C\C/C=C\C/C=C\CCCCCCCCCCCCCCC(=O)OCC(O)COP(=O)(O)OCC(O)COP(=O)(O)OCC(COC(=O)CCCCCCCCCCC/C=C\C/C=C\C/C=C\C/C=C\CCCCC)OC(=O)CCCCC/C=C\C/C=C\C/C=C\C/C=C\C/C=C\CC. The molecule has 111 heavy (non-hydrogen) atoms. The van der Waals surface area contributed by atoms with Crippen LogP contribution in [0.5, 0.6) is 0 Å². The summed E-state index contributed by atoms with van der Waals surface area (Å²) in [5, 5.41) is 20.7. The van der Waals surface area contributed by atoms with Crippen LogP contribution in [0.4, 0.5) is 0 Å². The molecule has 0 rings (SSSR count). The van der Waals surface area contributed by atoms with Crippen LogP contribution in [0.2, 0.25) is 0 Å². The zero-order valence-corrected chi connectivity index (χ0v) is 71.1. The summed E-state index contributed by atoms with van der Waals surface area (Å²) in [7, 11) is -9.82. The van der Waals surface area contributed by atoms with Crippen LogP contribution in [0.15, 0.2) is 182 Å². The molecule has 0 aliphatic carbocycles. The largest absolute Gasteiger partial charge is 0.472 e. The van der Waals surface area contributed by atoms with E-state index >= 15 is 0 Å². The molecule has 0 fully saturated rings. The van der Waals surface area contributed by atoms with Gasteiger partial charge >= 0.3 is 33.6 Å². The molecule has 0 bridgehead atoms. The van der Waals surface area contributed by atoms with Crippen LogP contribution in [0.3, 0.4) is 0 Å². The summed E-state index contributed by atoms with van der Waals surface area (Å²) in [6.07, 6.45) is 109. The van der Waals surface area contributed by atoms with Crippen molar-refractivity contribution in [3.63, 3.8) is 0 Å². The van der Waals surface area contributed by atoms with Crippen LogP contribution >= 0.6 is 15.6 Å². The number of ether oxygens (including phenoxy) is 3. The molecule has 0 saturated heterocycles. The van der Waals surface area contributed by atoms with Gasteiger partial charge in [0, 0.05) is 19.3 Å². The van der Waals surface area contributed by atoms with E-state index in [1.54, 1.807) is 0 Å². The highest BCUT2D eigenvalue weighted by molar-refractivity contribution is 7.47. The fourth-order valence-corrected chi connectivity index (χ4v) is 12.7. The third kappa shape index (κ3) is 85.4. The van der Waals surface area contributed by atoms with Gasteiger partial charge in [-0.2, -0.15) is 0 Å². The lowest BCUT2D eigenvalue weighted by atomic mass is 10.0. The summed E-state index contributed by atoms with van der Waals surface area (Å²) in [6, 6.07) is 0. The number of rotatable bonds is 80. The van der Waals surface area contributed by atoms with Gasteiger partial charge in [0.25, 0.3) is 0 Å². The molecule has 0 saturated carbocycles. The summed E-state index contributed by atoms with van der Waals surface area (Å²) in [4.78, 5) is 58.9. The average molecular weight is 1590 g/mol. The lowest BCUT2D eigenvalue weighted by Gasteiger charge is -2.21. The molecule has 0 aliphatic heterocycles. The highest BCUT2D eigenvalue weighted by atomic mass is 31.2. The van der Waals surface area contributed by atoms with Crippen molar-refractivity contribution in [2.45, 2.75) is 347 Å². The molecule has 0 aliphatic rings. The minimum Gasteiger partial charge on any atom is -0.463 e. The molecule has 16 nitrogen and oxygen atoms in total. The zero-order valence-electron chi connectivity index (χ0n) is 69.3. The molecule has 0 heterocycles. The monoisotopic (exact) mass is 1590 g/mol. The average Bonchev–Trinajstić information content (AvgIpc) is 0.895. The van der Waals surface area contributed by atoms with E-state index in [4.69, 9.17) is 32.3 Å². The molecule has 18 heteroatoms. The standard InChI is InChI=1S/C93H154O16P2/c1-4-7-10-13-16-19-22-25-28-31-34-36-38-40-41-42-43-44-45-47-49-50-53-55-58-61-64-67-70-73-76-79-91(96)103-82-88(94)83-105-110(99,100)106-84-89(95)85-107-111(101,102)108-87-90(109-93(98)81-78-75-72-69-66-63-60-57-52-33-30-27-24-21-18-15-12-9-6-3)86-104-92(97)80-77-74-71-68-65-62-59-56-54-51-48-46-39-37-35-32-29-26-23-20-17-14-11-8-5-2/h7,9-10,12,16-21,25-30,34-37,40-41,43-44,46,48,52,57,63,66,88-90,94-95H,4-6,8,11,13-15,22-24,31-33,38-39,42,45,47,49-51,53-56,58-62,64-65,67-87H2,1-3H3,(H,99,100)(H,101,102)/b10-7-,12-9-,19-16-,20-17-,21-18-,28-25-,29-26-,30-27-,36-34-,37-35-,41-40-,44-43-,48-46-,57-52-,66-63-. The smallest absolute Gasteiger partial charge is 0.463 e. The van der Waals surface area contributed by atoms with Gasteiger partial charge in [-0.1, -0.05) is 331 Å². The fraction of sp³-hybridized carbons (Fsp3) is 0.645. The Morgan fingerprint density at radius 1 is 0.261 bits per heavy atom. The van der Waals surface area contributed by atoms with Crippen molar-refractivity contribution in [3.8, 4) is 0 Å². The van der Waals surface area contributed by atoms with Crippen molar-refractivity contribution in [1.82, 2.24) is 0 Å². The zero-order chi connectivity index (χ0) is 80.8. The van der Waals surface area contributed by atoms with E-state index in [2.05, 4.69) is 203 Å². The lowest BCUT2D eigenvalue weighted by Crippen LogP contribution is -2.30. The van der Waals surface area contributed by atoms with Crippen molar-refractivity contribution >= 4 is 33.6 Å². The number of carbonyl (C=O) groups excluding carboxylic acids is 3. The molecule has 632 valence electrons. The molecule has 0 radical (unpaired) electrons. The maximum atomic E-state index is 13.0. The van der Waals surface area contributed by atoms with Crippen molar-refractivity contribution in [2.24, 2.45) is 0 Å². The molecule has 0 aromatic heterocycles. The molecule has 5 atom stereocenters. The van der Waals surface area contributed by atoms with E-state index in [1.165, 1.54) is 103 Å². The number of hydrogen-bond donors (Lipinski definition) is 4. The molecule has 0 amide bonds. The van der Waals surface area contributed by atoms with E-state index in [-0.39, 0.29) is 19.3 Å². The van der Waals surface area contributed by atoms with E-state index in [0.29, 0.717) is 19.3 Å². The number of unbranched alkanes of at least 4 members (excludes halogenated alkanes) is 27. The molecule has 0 spiro atoms. The Labute approximate surface area is 675 Å². The van der Waals surface area contributed by atoms with E-state index < -0.39 is 91.5 Å². The van der Waals surface area contributed by atoms with Gasteiger partial charge in [-0.15, -0.1) is 0 Å². The first-order valence-electron chi connectivity index (χ1n) is 43.1. The molecule has 5 unspecified atom stereocenters. The summed E-state index contributed by atoms with van der Waals surface area (Å²) in [6.45, 7) is 2.39. The van der Waals surface area contributed by atoms with E-state index in [9.17, 15) is 43.5 Å². The van der Waals surface area contributed by atoms with Gasteiger partial charge < -0.3 is 34.2 Å². The quantitative estimate of drug-likeness (QED) is 0.0146. The maximum Gasteiger partial charge on any atom is 0.472 e. The number of aliphatic hydroxyl groups is 2. The number of carbonyl (C=O) groups is 3. The Morgan fingerprint density at radius 3 is 0.766 bits per heavy atom. The van der Waals surface area contributed by atoms with Crippen LogP contribution in [0.25, 0.3) is 0 Å². The van der Waals surface area contributed by atoms with Crippen LogP contribution in [-0.2, 0) is 55.8 Å². The third-order valence-corrected chi connectivity index (χ3v) is 19.5. The summed E-state index contributed by atoms with van der Waals surface area (Å²) in [5.41, 5.74) is 0. The van der Waals surface area contributed by atoms with Crippen molar-refractivity contribution in [1.29, 1.82) is 0 Å². The number of hydrogen-bond acceptors (Lipinski definition) is 14. The molecule has 0 aromatic rings. The van der Waals surface area contributed by atoms with Crippen LogP contribution in [0, 0.1) is 0 Å². The van der Waals surface area contributed by atoms with Crippen molar-refractivity contribution in [3.05, 3.63) is 182 Å². The van der Waals surface area contributed by atoms with Crippen LogP contribution in [0.1, 0.15) is 329 Å². The molecular formula is C93H154O16P2. The number of phosphoric acid groups is 2. The first kappa shape index (κ1) is 106. The molecule has 0 aromatic carbocycles. The molecular weight excluding hydrogens is 1430 g/mol. The second-order valence-corrected chi connectivity index (χ2v) is 31.1. The summed E-state index contributed by atoms with van der Waals surface area (Å²) < 4.78 is 61.3. The number of aliphatic hydroxyl groups excluding tert-OH is 2. The highest BCUT2D eigenvalue weighted by Crippen LogP contribution is 2.45. The predicted molar refractivity (Wildman–Crippen MR) is 463 cm³/mol. The number of phosphoric ester groups is 2. The molecule has 4 N–H and O–H groups in total. The minimum absolute atomic E-state index is 0.0583. The third-order valence-electron chi connectivity index (χ3n) is 17.6. The highest BCUT2D eigenvalue weighted by Gasteiger charge is 2.29. The normalized spacial score (nSPS) is 14.8. The Hall–Kier alpha value is -5.35. The van der Waals surface area contributed by atoms with Gasteiger partial charge in [0.2, 0.25) is 0 Å². The Kier molecular flexibility index (Phi) is 80.0. The second kappa shape index (κ2) is 84.1. The van der Waals surface area contributed by atoms with Gasteiger partial charge in [0.05, 0.1) is 26.4 Å². The summed E-state index contributed by atoms with van der Waals surface area (Å²) in [5.74, 6) is -1.63. The van der Waals surface area contributed by atoms with Gasteiger partial charge in [0.1, 0.15) is 25.4 Å². The van der Waals surface area contributed by atoms with Gasteiger partial charge in [0.15, 0.2) is 6.10 Å². The minimum atomic E-state index is -4.95. The number of esters is 3. The van der Waals surface area contributed by atoms with Gasteiger partial charge in [-0.3, -0.25) is 32.5 Å². The number of allylic oxidation sites excluding steroid dienone is 30. The van der Waals surface area contributed by atoms with E-state index in [1.807, 2.05) is 0 Å².